The molecule has 2 heteroatoms. The summed E-state index contributed by atoms with van der Waals surface area (Å²) in [5.74, 6) is 0. The molecule has 0 fully saturated rings. The molecule has 0 bridgehead atoms. The van der Waals surface area contributed by atoms with Crippen molar-refractivity contribution in [2.24, 2.45) is 5.73 Å². The van der Waals surface area contributed by atoms with E-state index in [1.54, 1.807) is 18.2 Å². The van der Waals surface area contributed by atoms with Gasteiger partial charge in [0.15, 0.2) is 0 Å². The number of allylic oxidation sites excluding steroid dienone is 3. The minimum absolute atomic E-state index is 1.19. The van der Waals surface area contributed by atoms with Crippen molar-refractivity contribution < 1.29 is 0 Å². The molecule has 0 saturated heterocycles. The second-order valence-corrected chi connectivity index (χ2v) is 0.936. The second-order valence-electron chi connectivity index (χ2n) is 0.936. The van der Waals surface area contributed by atoms with Crippen LogP contribution in [-0.4, -0.2) is 6.21 Å². The van der Waals surface area contributed by atoms with Gasteiger partial charge in [-0.3, -0.25) is 0 Å². The van der Waals surface area contributed by atoms with Crippen molar-refractivity contribution in [1.82, 2.24) is 0 Å². The van der Waals surface area contributed by atoms with Crippen LogP contribution in [0.15, 0.2) is 24.4 Å². The van der Waals surface area contributed by atoms with E-state index < -0.39 is 0 Å². The van der Waals surface area contributed by atoms with Gasteiger partial charge in [-0.05, 0) is 18.4 Å². The van der Waals surface area contributed by atoms with Gasteiger partial charge in [0.1, 0.15) is 0 Å². The third-order valence-electron chi connectivity index (χ3n) is 0.430. The maximum atomic E-state index is 6.49. The third kappa shape index (κ3) is 4.95. The Bertz CT molecular complexity index is 92.3. The summed E-state index contributed by atoms with van der Waals surface area (Å²) in [6.45, 7) is 0. The Hall–Kier alpha value is -1.05. The van der Waals surface area contributed by atoms with Gasteiger partial charge in [-0.1, -0.05) is 6.08 Å². The van der Waals surface area contributed by atoms with Crippen molar-refractivity contribution >= 4 is 6.21 Å². The van der Waals surface area contributed by atoms with Crippen LogP contribution < -0.4 is 5.73 Å². The lowest BCUT2D eigenvalue weighted by Crippen LogP contribution is -1.72. The summed E-state index contributed by atoms with van der Waals surface area (Å²) in [5.41, 5.74) is 4.96. The minimum atomic E-state index is 1.19. The standard InChI is InChI=1S/C5H8N2/c6-4-2-1-3-5-7/h1-6H,7H2/b2-1-,5-3-,6-4?. The fourth-order valence-corrected chi connectivity index (χ4v) is 0.184. The molecule has 0 unspecified atom stereocenters. The highest BCUT2D eigenvalue weighted by molar-refractivity contribution is 5.67. The molecule has 0 heterocycles. The molecule has 38 valence electrons. The van der Waals surface area contributed by atoms with Gasteiger partial charge < -0.3 is 11.1 Å². The number of nitrogens with one attached hydrogen (secondary N) is 1. The highest BCUT2D eigenvalue weighted by atomic mass is 14.5. The van der Waals surface area contributed by atoms with Crippen LogP contribution >= 0.6 is 0 Å². The van der Waals surface area contributed by atoms with Crippen LogP contribution in [0.4, 0.5) is 0 Å². The molecular formula is C5H8N2. The van der Waals surface area contributed by atoms with Gasteiger partial charge in [0.05, 0.1) is 0 Å². The van der Waals surface area contributed by atoms with E-state index in [2.05, 4.69) is 0 Å². The summed E-state index contributed by atoms with van der Waals surface area (Å²) in [6, 6.07) is 0. The molecule has 0 aliphatic heterocycles. The quantitative estimate of drug-likeness (QED) is 0.385. The first-order valence-corrected chi connectivity index (χ1v) is 1.96. The Labute approximate surface area is 42.8 Å². The van der Waals surface area contributed by atoms with E-state index in [1.807, 2.05) is 0 Å². The predicted molar refractivity (Wildman–Crippen MR) is 31.3 cm³/mol. The van der Waals surface area contributed by atoms with Crippen LogP contribution in [0.3, 0.4) is 0 Å². The lowest BCUT2D eigenvalue weighted by atomic mass is 10.5. The largest absolute Gasteiger partial charge is 0.405 e. The van der Waals surface area contributed by atoms with E-state index in [-0.39, 0.29) is 0 Å². The third-order valence-corrected chi connectivity index (χ3v) is 0.430. The fourth-order valence-electron chi connectivity index (χ4n) is 0.184. The Kier molecular flexibility index (Phi) is 4.21. The van der Waals surface area contributed by atoms with Gasteiger partial charge >= 0.3 is 0 Å². The van der Waals surface area contributed by atoms with Crippen molar-refractivity contribution in [3.05, 3.63) is 24.4 Å². The van der Waals surface area contributed by atoms with Crippen LogP contribution in [0.1, 0.15) is 0 Å². The smallest absolute Gasteiger partial charge is 0.0177 e. The first-order chi connectivity index (χ1) is 3.41. The first kappa shape index (κ1) is 5.95. The lowest BCUT2D eigenvalue weighted by Gasteiger charge is -1.65. The zero-order chi connectivity index (χ0) is 5.54. The molecule has 0 aromatic heterocycles. The zero-order valence-corrected chi connectivity index (χ0v) is 3.96. The molecule has 3 N–H and O–H groups in total. The summed E-state index contributed by atoms with van der Waals surface area (Å²) >= 11 is 0. The summed E-state index contributed by atoms with van der Waals surface area (Å²) in [4.78, 5) is 0. The van der Waals surface area contributed by atoms with Crippen LogP contribution in [0.5, 0.6) is 0 Å². The average Bonchev–Trinajstić information content (AvgIpc) is 1.69. The van der Waals surface area contributed by atoms with Crippen molar-refractivity contribution in [1.29, 1.82) is 5.41 Å². The Morgan fingerprint density at radius 1 is 1.14 bits per heavy atom. The molecule has 0 atom stereocenters. The highest BCUT2D eigenvalue weighted by Gasteiger charge is 1.53. The average molecular weight is 96.1 g/mol. The summed E-state index contributed by atoms with van der Waals surface area (Å²) in [5, 5.41) is 6.49. The van der Waals surface area contributed by atoms with Crippen molar-refractivity contribution in [3.63, 3.8) is 0 Å². The molecule has 0 aliphatic rings. The molecular weight excluding hydrogens is 88.1 g/mol. The fraction of sp³-hybridized carbons (Fsp3) is 0. The van der Waals surface area contributed by atoms with E-state index >= 15 is 0 Å². The van der Waals surface area contributed by atoms with Gasteiger partial charge in [0.2, 0.25) is 0 Å². The summed E-state index contributed by atoms with van der Waals surface area (Å²) in [6.07, 6.45) is 7.54. The van der Waals surface area contributed by atoms with Crippen molar-refractivity contribution in [2.75, 3.05) is 0 Å². The Balaban J connectivity index is 3.27. The predicted octanol–water partition coefficient (Wildman–Crippen LogP) is 0.665. The molecule has 0 aromatic carbocycles. The summed E-state index contributed by atoms with van der Waals surface area (Å²) < 4.78 is 0. The van der Waals surface area contributed by atoms with Crippen LogP contribution in [-0.2, 0) is 0 Å². The minimum Gasteiger partial charge on any atom is -0.405 e. The number of hydrogen-bond donors (Lipinski definition) is 2. The maximum Gasteiger partial charge on any atom is 0.0177 e. The van der Waals surface area contributed by atoms with Crippen molar-refractivity contribution in [2.45, 2.75) is 0 Å². The molecule has 0 radical (unpaired) electrons. The SMILES string of the molecule is N=C/C=C\C=C/N. The molecule has 0 aromatic rings. The maximum absolute atomic E-state index is 6.49. The van der Waals surface area contributed by atoms with Crippen LogP contribution in [0, 0.1) is 5.41 Å². The van der Waals surface area contributed by atoms with E-state index in [0.29, 0.717) is 0 Å². The highest BCUT2D eigenvalue weighted by Crippen LogP contribution is 1.66. The number of hydrogen-bond acceptors (Lipinski definition) is 2. The van der Waals surface area contributed by atoms with Crippen LogP contribution in [0.25, 0.3) is 0 Å². The monoisotopic (exact) mass is 96.1 g/mol. The first-order valence-electron chi connectivity index (χ1n) is 1.96. The lowest BCUT2D eigenvalue weighted by molar-refractivity contribution is 1.57. The van der Waals surface area contributed by atoms with Gasteiger partial charge in [-0.2, -0.15) is 0 Å². The Morgan fingerprint density at radius 2 is 1.86 bits per heavy atom. The normalized spacial score (nSPS) is 10.9. The molecule has 0 amide bonds. The van der Waals surface area contributed by atoms with Gasteiger partial charge in [0.25, 0.3) is 0 Å². The molecule has 2 nitrogen and oxygen atoms in total. The number of rotatable bonds is 2. The van der Waals surface area contributed by atoms with E-state index in [9.17, 15) is 0 Å². The molecule has 0 spiro atoms. The van der Waals surface area contributed by atoms with Crippen molar-refractivity contribution in [3.8, 4) is 0 Å². The zero-order valence-electron chi connectivity index (χ0n) is 3.96. The topological polar surface area (TPSA) is 49.9 Å². The molecule has 0 rings (SSSR count). The summed E-state index contributed by atoms with van der Waals surface area (Å²) in [7, 11) is 0. The van der Waals surface area contributed by atoms with Crippen LogP contribution in [0.2, 0.25) is 0 Å². The van der Waals surface area contributed by atoms with Gasteiger partial charge in [-0.25, -0.2) is 0 Å². The second kappa shape index (κ2) is 4.95. The van der Waals surface area contributed by atoms with E-state index in [1.165, 1.54) is 12.4 Å². The molecule has 7 heavy (non-hydrogen) atoms. The molecule has 0 aliphatic carbocycles. The van der Waals surface area contributed by atoms with E-state index in [4.69, 9.17) is 11.1 Å². The Morgan fingerprint density at radius 3 is 2.29 bits per heavy atom. The van der Waals surface area contributed by atoms with Gasteiger partial charge in [-0.15, -0.1) is 0 Å². The number of nitrogens with two attached hydrogens (primary N) is 1. The van der Waals surface area contributed by atoms with E-state index in [0.717, 1.165) is 0 Å². The van der Waals surface area contributed by atoms with Gasteiger partial charge in [0, 0.05) is 6.21 Å². The molecule has 0 saturated carbocycles.